The van der Waals surface area contributed by atoms with Gasteiger partial charge in [0.15, 0.2) is 0 Å². The van der Waals surface area contributed by atoms with E-state index in [0.717, 1.165) is 6.54 Å². The minimum Gasteiger partial charge on any atom is -0.329 e. The molecule has 1 atom stereocenters. The van der Waals surface area contributed by atoms with Crippen LogP contribution in [0.5, 0.6) is 0 Å². The molecule has 0 spiro atoms. The molecule has 3 nitrogen and oxygen atoms in total. The van der Waals surface area contributed by atoms with Gasteiger partial charge in [0.05, 0.1) is 0 Å². The van der Waals surface area contributed by atoms with Crippen molar-refractivity contribution in [1.29, 1.82) is 0 Å². The molecule has 1 heterocycles. The fraction of sp³-hybridized carbons (Fsp3) is 1.00. The molecule has 126 valence electrons. The van der Waals surface area contributed by atoms with E-state index in [2.05, 4.69) is 23.8 Å². The van der Waals surface area contributed by atoms with Crippen molar-refractivity contribution in [3.8, 4) is 0 Å². The highest BCUT2D eigenvalue weighted by Crippen LogP contribution is 2.12. The summed E-state index contributed by atoms with van der Waals surface area (Å²) in [6, 6.07) is 0.586. The highest BCUT2D eigenvalue weighted by molar-refractivity contribution is 4.73. The Balaban J connectivity index is 2.03. The van der Waals surface area contributed by atoms with Gasteiger partial charge in [-0.1, -0.05) is 51.9 Å². The van der Waals surface area contributed by atoms with Gasteiger partial charge >= 0.3 is 0 Å². The number of hydrogen-bond donors (Lipinski definition) is 1. The third kappa shape index (κ3) is 8.80. The SMILES string of the molecule is CCCCCCCCCC(CN)N(C)CCN1CCCC1. The van der Waals surface area contributed by atoms with Gasteiger partial charge in [0.25, 0.3) is 0 Å². The van der Waals surface area contributed by atoms with E-state index >= 15 is 0 Å². The maximum absolute atomic E-state index is 5.98. The molecule has 0 aromatic rings. The van der Waals surface area contributed by atoms with Gasteiger partial charge in [-0.2, -0.15) is 0 Å². The molecule has 1 rings (SSSR count). The summed E-state index contributed by atoms with van der Waals surface area (Å²) in [5.74, 6) is 0. The number of likely N-dealkylation sites (N-methyl/N-ethyl adjacent to an activating group) is 1. The fourth-order valence-electron chi connectivity index (χ4n) is 3.34. The summed E-state index contributed by atoms with van der Waals surface area (Å²) in [6.07, 6.45) is 13.8. The molecule has 0 aromatic heterocycles. The zero-order valence-corrected chi connectivity index (χ0v) is 14.7. The maximum Gasteiger partial charge on any atom is 0.0215 e. The van der Waals surface area contributed by atoms with Crippen molar-refractivity contribution >= 4 is 0 Å². The van der Waals surface area contributed by atoms with Crippen molar-refractivity contribution in [3.63, 3.8) is 0 Å². The molecule has 0 aliphatic carbocycles. The van der Waals surface area contributed by atoms with Gasteiger partial charge in [-0.05, 0) is 39.4 Å². The molecular formula is C18H39N3. The Kier molecular flexibility index (Phi) is 11.2. The van der Waals surface area contributed by atoms with Crippen LogP contribution < -0.4 is 5.73 Å². The fourth-order valence-corrected chi connectivity index (χ4v) is 3.34. The summed E-state index contributed by atoms with van der Waals surface area (Å²) in [6.45, 7) is 8.11. The Labute approximate surface area is 133 Å². The van der Waals surface area contributed by atoms with Crippen LogP contribution in [-0.4, -0.2) is 55.6 Å². The molecule has 1 aliphatic heterocycles. The first-order valence-corrected chi connectivity index (χ1v) is 9.40. The van der Waals surface area contributed by atoms with E-state index in [0.29, 0.717) is 6.04 Å². The molecule has 0 aromatic carbocycles. The molecule has 0 bridgehead atoms. The van der Waals surface area contributed by atoms with Gasteiger partial charge in [-0.25, -0.2) is 0 Å². The average Bonchev–Trinajstić information content (AvgIpc) is 3.01. The van der Waals surface area contributed by atoms with Gasteiger partial charge in [-0.15, -0.1) is 0 Å². The second-order valence-corrected chi connectivity index (χ2v) is 6.83. The van der Waals surface area contributed by atoms with E-state index in [1.54, 1.807) is 0 Å². The maximum atomic E-state index is 5.98. The van der Waals surface area contributed by atoms with E-state index in [-0.39, 0.29) is 0 Å². The molecule has 21 heavy (non-hydrogen) atoms. The third-order valence-electron chi connectivity index (χ3n) is 5.00. The minimum atomic E-state index is 0.586. The summed E-state index contributed by atoms with van der Waals surface area (Å²) in [5.41, 5.74) is 5.98. The molecule has 1 aliphatic rings. The van der Waals surface area contributed by atoms with Crippen LogP contribution in [0.4, 0.5) is 0 Å². The Morgan fingerprint density at radius 1 is 1.00 bits per heavy atom. The van der Waals surface area contributed by atoms with Crippen LogP contribution in [0.25, 0.3) is 0 Å². The predicted molar refractivity (Wildman–Crippen MR) is 93.8 cm³/mol. The Morgan fingerprint density at radius 3 is 2.24 bits per heavy atom. The molecule has 1 saturated heterocycles. The van der Waals surface area contributed by atoms with Crippen LogP contribution in [0.15, 0.2) is 0 Å². The van der Waals surface area contributed by atoms with Crippen LogP contribution >= 0.6 is 0 Å². The van der Waals surface area contributed by atoms with E-state index in [1.165, 1.54) is 90.4 Å². The topological polar surface area (TPSA) is 32.5 Å². The summed E-state index contributed by atoms with van der Waals surface area (Å²) < 4.78 is 0. The molecule has 1 fully saturated rings. The van der Waals surface area contributed by atoms with Gasteiger partial charge in [0.1, 0.15) is 0 Å². The number of rotatable bonds is 13. The summed E-state index contributed by atoms with van der Waals surface area (Å²) >= 11 is 0. The largest absolute Gasteiger partial charge is 0.329 e. The van der Waals surface area contributed by atoms with E-state index < -0.39 is 0 Å². The van der Waals surface area contributed by atoms with Crippen molar-refractivity contribution in [3.05, 3.63) is 0 Å². The lowest BCUT2D eigenvalue weighted by atomic mass is 10.0. The zero-order valence-electron chi connectivity index (χ0n) is 14.7. The highest BCUT2D eigenvalue weighted by atomic mass is 15.2. The molecule has 2 N–H and O–H groups in total. The first-order chi connectivity index (χ1) is 10.3. The Morgan fingerprint density at radius 2 is 1.62 bits per heavy atom. The monoisotopic (exact) mass is 297 g/mol. The van der Waals surface area contributed by atoms with Crippen LogP contribution in [-0.2, 0) is 0 Å². The highest BCUT2D eigenvalue weighted by Gasteiger charge is 2.16. The first kappa shape index (κ1) is 18.9. The lowest BCUT2D eigenvalue weighted by Gasteiger charge is -2.28. The molecular weight excluding hydrogens is 258 g/mol. The minimum absolute atomic E-state index is 0.586. The first-order valence-electron chi connectivity index (χ1n) is 9.40. The number of likely N-dealkylation sites (tertiary alicyclic amines) is 1. The van der Waals surface area contributed by atoms with Crippen LogP contribution in [0.1, 0.15) is 71.1 Å². The third-order valence-corrected chi connectivity index (χ3v) is 5.00. The van der Waals surface area contributed by atoms with Crippen LogP contribution in [0.3, 0.4) is 0 Å². The van der Waals surface area contributed by atoms with Crippen molar-refractivity contribution in [2.24, 2.45) is 5.73 Å². The number of nitrogens with two attached hydrogens (primary N) is 1. The van der Waals surface area contributed by atoms with Gasteiger partial charge in [0.2, 0.25) is 0 Å². The van der Waals surface area contributed by atoms with Crippen molar-refractivity contribution < 1.29 is 0 Å². The molecule has 0 amide bonds. The van der Waals surface area contributed by atoms with E-state index in [1.807, 2.05) is 0 Å². The number of unbranched alkanes of at least 4 members (excludes halogenated alkanes) is 6. The van der Waals surface area contributed by atoms with Gasteiger partial charge < -0.3 is 15.5 Å². The van der Waals surface area contributed by atoms with Crippen molar-refractivity contribution in [2.75, 3.05) is 39.8 Å². The molecule has 3 heteroatoms. The summed E-state index contributed by atoms with van der Waals surface area (Å²) in [7, 11) is 2.26. The lowest BCUT2D eigenvalue weighted by Crippen LogP contribution is -2.41. The molecule has 0 radical (unpaired) electrons. The van der Waals surface area contributed by atoms with Gasteiger partial charge in [-0.3, -0.25) is 0 Å². The standard InChI is InChI=1S/C18H39N3/c1-3-4-5-6-7-8-9-12-18(17-19)20(2)15-16-21-13-10-11-14-21/h18H,3-17,19H2,1-2H3. The zero-order chi connectivity index (χ0) is 15.3. The van der Waals surface area contributed by atoms with Crippen molar-refractivity contribution in [2.45, 2.75) is 77.2 Å². The quantitative estimate of drug-likeness (QED) is 0.528. The number of hydrogen-bond acceptors (Lipinski definition) is 3. The summed E-state index contributed by atoms with van der Waals surface area (Å²) in [5, 5.41) is 0. The average molecular weight is 298 g/mol. The smallest absolute Gasteiger partial charge is 0.0215 e. The second-order valence-electron chi connectivity index (χ2n) is 6.83. The Hall–Kier alpha value is -0.120. The predicted octanol–water partition coefficient (Wildman–Crippen LogP) is 3.48. The van der Waals surface area contributed by atoms with Crippen LogP contribution in [0, 0.1) is 0 Å². The summed E-state index contributed by atoms with van der Waals surface area (Å²) in [4.78, 5) is 5.09. The second kappa shape index (κ2) is 12.4. The van der Waals surface area contributed by atoms with Crippen LogP contribution in [0.2, 0.25) is 0 Å². The molecule has 0 saturated carbocycles. The Bertz CT molecular complexity index is 227. The normalized spacial score (nSPS) is 17.7. The lowest BCUT2D eigenvalue weighted by molar-refractivity contribution is 0.197. The van der Waals surface area contributed by atoms with Crippen molar-refractivity contribution in [1.82, 2.24) is 9.80 Å². The van der Waals surface area contributed by atoms with E-state index in [9.17, 15) is 0 Å². The molecule has 1 unspecified atom stereocenters. The number of nitrogens with zero attached hydrogens (tertiary/aromatic N) is 2. The van der Waals surface area contributed by atoms with E-state index in [4.69, 9.17) is 5.73 Å². The van der Waals surface area contributed by atoms with Gasteiger partial charge in [0, 0.05) is 25.7 Å².